The van der Waals surface area contributed by atoms with Crippen LogP contribution in [0.5, 0.6) is 0 Å². The Hall–Kier alpha value is -1.82. The summed E-state index contributed by atoms with van der Waals surface area (Å²) < 4.78 is 10.1. The average molecular weight is 456 g/mol. The maximum absolute atomic E-state index is 12.7. The third kappa shape index (κ3) is 4.85. The maximum atomic E-state index is 12.7. The van der Waals surface area contributed by atoms with Gasteiger partial charge in [-0.25, -0.2) is 4.79 Å². The van der Waals surface area contributed by atoms with Crippen molar-refractivity contribution in [1.82, 2.24) is 9.88 Å². The summed E-state index contributed by atoms with van der Waals surface area (Å²) in [6.45, 7) is 4.59. The molecule has 1 aromatic rings. The average Bonchev–Trinajstić information content (AvgIpc) is 3.19. The zero-order chi connectivity index (χ0) is 21.2. The van der Waals surface area contributed by atoms with E-state index < -0.39 is 30.2 Å². The van der Waals surface area contributed by atoms with E-state index in [1.807, 2.05) is 11.5 Å². The number of rotatable bonds is 6. The van der Waals surface area contributed by atoms with Gasteiger partial charge in [0, 0.05) is 21.7 Å². The van der Waals surface area contributed by atoms with Crippen molar-refractivity contribution in [2.45, 2.75) is 32.2 Å². The first-order valence-corrected chi connectivity index (χ1v) is 11.5. The molecule has 2 aliphatic rings. The minimum Gasteiger partial charge on any atom is -0.427 e. The van der Waals surface area contributed by atoms with E-state index >= 15 is 0 Å². The molecular formula is C18H21N3O5S3. The molecule has 0 aromatic carbocycles. The lowest BCUT2D eigenvalue weighted by Crippen LogP contribution is -2.68. The molecule has 156 valence electrons. The third-order valence-corrected chi connectivity index (χ3v) is 7.17. The van der Waals surface area contributed by atoms with Gasteiger partial charge in [0.25, 0.3) is 0 Å². The molecule has 1 aromatic heterocycles. The van der Waals surface area contributed by atoms with Gasteiger partial charge >= 0.3 is 11.9 Å². The predicted octanol–water partition coefficient (Wildman–Crippen LogP) is 2.39. The van der Waals surface area contributed by atoms with Crippen LogP contribution >= 0.6 is 34.9 Å². The Morgan fingerprint density at radius 1 is 1.41 bits per heavy atom. The maximum Gasteiger partial charge on any atom is 0.358 e. The largest absolute Gasteiger partial charge is 0.427 e. The Bertz CT molecular complexity index is 861. The summed E-state index contributed by atoms with van der Waals surface area (Å²) in [6, 6.07) is -0.638. The zero-order valence-corrected chi connectivity index (χ0v) is 18.6. The Balaban J connectivity index is 1.72. The predicted molar refractivity (Wildman–Crippen MR) is 113 cm³/mol. The molecule has 2 atom stereocenters. The van der Waals surface area contributed by atoms with Gasteiger partial charge in [0.1, 0.15) is 17.1 Å². The summed E-state index contributed by atoms with van der Waals surface area (Å²) in [5.74, 6) is -1.01. The molecule has 0 aliphatic carbocycles. The second-order valence-electron chi connectivity index (χ2n) is 7.26. The highest BCUT2D eigenvalue weighted by atomic mass is 32.2. The number of hydrogen-bond donors (Lipinski definition) is 1. The van der Waals surface area contributed by atoms with E-state index in [1.165, 1.54) is 39.8 Å². The summed E-state index contributed by atoms with van der Waals surface area (Å²) in [7, 11) is 0. The SMILES string of the molecule is CC(C)(C)C(=O)OCOC(=O)C1=C(S/C=C\c2cncs2)CS[C@@H]2[C@H](N)C(=O)N12. The lowest BCUT2D eigenvalue weighted by atomic mass is 9.98. The van der Waals surface area contributed by atoms with Gasteiger partial charge in [0.15, 0.2) is 0 Å². The number of fused-ring (bicyclic) bond motifs is 1. The summed E-state index contributed by atoms with van der Waals surface area (Å²) in [5.41, 5.74) is 7.03. The van der Waals surface area contributed by atoms with E-state index in [1.54, 1.807) is 32.5 Å². The van der Waals surface area contributed by atoms with E-state index in [2.05, 4.69) is 4.98 Å². The number of amides is 1. The molecule has 0 radical (unpaired) electrons. The Morgan fingerprint density at radius 2 is 2.17 bits per heavy atom. The van der Waals surface area contributed by atoms with Crippen LogP contribution in [0, 0.1) is 5.41 Å². The number of carbonyl (C=O) groups excluding carboxylic acids is 3. The van der Waals surface area contributed by atoms with Gasteiger partial charge < -0.3 is 15.2 Å². The smallest absolute Gasteiger partial charge is 0.358 e. The quantitative estimate of drug-likeness (QED) is 0.392. The van der Waals surface area contributed by atoms with Gasteiger partial charge in [-0.05, 0) is 32.3 Å². The van der Waals surface area contributed by atoms with Crippen molar-refractivity contribution in [2.75, 3.05) is 12.5 Å². The number of aromatic nitrogens is 1. The molecule has 0 saturated carbocycles. The van der Waals surface area contributed by atoms with Gasteiger partial charge in [0.2, 0.25) is 12.7 Å². The highest BCUT2D eigenvalue weighted by Gasteiger charge is 2.52. The molecule has 29 heavy (non-hydrogen) atoms. The van der Waals surface area contributed by atoms with E-state index in [0.29, 0.717) is 10.7 Å². The van der Waals surface area contributed by atoms with Gasteiger partial charge in [-0.3, -0.25) is 19.5 Å². The van der Waals surface area contributed by atoms with Crippen LogP contribution in [0.15, 0.2) is 27.7 Å². The van der Waals surface area contributed by atoms with Gasteiger partial charge in [-0.1, -0.05) is 11.8 Å². The van der Waals surface area contributed by atoms with E-state index in [9.17, 15) is 14.4 Å². The lowest BCUT2D eigenvalue weighted by Gasteiger charge is -2.48. The van der Waals surface area contributed by atoms with E-state index in [-0.39, 0.29) is 17.0 Å². The van der Waals surface area contributed by atoms with Crippen LogP contribution < -0.4 is 5.73 Å². The number of carbonyl (C=O) groups is 3. The summed E-state index contributed by atoms with van der Waals surface area (Å²) >= 11 is 4.32. The molecule has 2 N–H and O–H groups in total. The number of nitrogens with two attached hydrogens (primary N) is 1. The standard InChI is InChI=1S/C18H21N3O5S3/c1-18(2,3)17(24)26-9-25-16(23)13-11(27-5-4-10-6-20-8-29-10)7-28-15-12(19)14(22)21(13)15/h4-6,8,12,15H,7,9,19H2,1-3H3/b5-4-/t12-,15-/m1/s1. The second-order valence-corrected chi connectivity index (χ2v) is 10.3. The molecule has 3 heterocycles. The van der Waals surface area contributed by atoms with Crippen LogP contribution in [0.1, 0.15) is 25.6 Å². The summed E-state index contributed by atoms with van der Waals surface area (Å²) in [5, 5.41) is 1.54. The minimum absolute atomic E-state index is 0.159. The highest BCUT2D eigenvalue weighted by Crippen LogP contribution is 2.43. The van der Waals surface area contributed by atoms with Crippen LogP contribution in [0.3, 0.4) is 0 Å². The van der Waals surface area contributed by atoms with Crippen LogP contribution in [0.2, 0.25) is 0 Å². The summed E-state index contributed by atoms with van der Waals surface area (Å²) in [6.07, 6.45) is 3.61. The number of hydrogen-bond acceptors (Lipinski definition) is 10. The first-order valence-electron chi connectivity index (χ1n) is 8.69. The normalized spacial score (nSPS) is 21.8. The van der Waals surface area contributed by atoms with E-state index in [4.69, 9.17) is 15.2 Å². The summed E-state index contributed by atoms with van der Waals surface area (Å²) in [4.78, 5) is 43.8. The van der Waals surface area contributed by atoms with Crippen molar-refractivity contribution in [3.63, 3.8) is 0 Å². The fraction of sp³-hybridized carbons (Fsp3) is 0.444. The third-order valence-electron chi connectivity index (χ3n) is 4.05. The minimum atomic E-state index is -0.717. The van der Waals surface area contributed by atoms with Crippen LogP contribution in [0.4, 0.5) is 0 Å². The lowest BCUT2D eigenvalue weighted by molar-refractivity contribution is -0.173. The fourth-order valence-corrected chi connectivity index (χ4v) is 5.37. The number of esters is 2. The fourth-order valence-electron chi connectivity index (χ4n) is 2.48. The molecular weight excluding hydrogens is 434 g/mol. The molecule has 8 nitrogen and oxygen atoms in total. The van der Waals surface area contributed by atoms with Crippen molar-refractivity contribution < 1.29 is 23.9 Å². The number of thiazole rings is 1. The van der Waals surface area contributed by atoms with Crippen molar-refractivity contribution in [3.05, 3.63) is 32.6 Å². The van der Waals surface area contributed by atoms with Crippen LogP contribution in [-0.4, -0.2) is 51.7 Å². The number of β-lactam (4-membered cyclic amide) rings is 1. The van der Waals surface area contributed by atoms with Crippen LogP contribution in [0.25, 0.3) is 6.08 Å². The molecule has 1 fully saturated rings. The van der Waals surface area contributed by atoms with Crippen molar-refractivity contribution in [2.24, 2.45) is 11.1 Å². The Labute approximate surface area is 180 Å². The number of thioether (sulfide) groups is 2. The molecule has 3 rings (SSSR count). The molecule has 1 saturated heterocycles. The molecule has 2 aliphatic heterocycles. The van der Waals surface area contributed by atoms with Crippen molar-refractivity contribution >= 4 is 58.8 Å². The second kappa shape index (κ2) is 8.90. The van der Waals surface area contributed by atoms with E-state index in [0.717, 1.165) is 4.88 Å². The van der Waals surface area contributed by atoms with Crippen molar-refractivity contribution in [1.29, 1.82) is 0 Å². The Kier molecular flexibility index (Phi) is 6.72. The molecule has 0 spiro atoms. The molecule has 11 heteroatoms. The molecule has 1 amide bonds. The first kappa shape index (κ1) is 21.9. The Morgan fingerprint density at radius 3 is 2.83 bits per heavy atom. The molecule has 0 unspecified atom stereocenters. The topological polar surface area (TPSA) is 112 Å². The van der Waals surface area contributed by atoms with Gasteiger partial charge in [0.05, 0.1) is 10.9 Å². The first-order chi connectivity index (χ1) is 13.7. The number of ether oxygens (including phenoxy) is 2. The highest BCUT2D eigenvalue weighted by molar-refractivity contribution is 8.08. The number of nitrogens with zero attached hydrogens (tertiary/aromatic N) is 2. The molecule has 0 bridgehead atoms. The zero-order valence-electron chi connectivity index (χ0n) is 16.1. The van der Waals surface area contributed by atoms with Gasteiger partial charge in [-0.15, -0.1) is 23.1 Å². The van der Waals surface area contributed by atoms with Gasteiger partial charge in [-0.2, -0.15) is 0 Å². The monoisotopic (exact) mass is 455 g/mol. The van der Waals surface area contributed by atoms with Crippen molar-refractivity contribution in [3.8, 4) is 0 Å². The van der Waals surface area contributed by atoms with Crippen LogP contribution in [-0.2, 0) is 23.9 Å².